The zero-order valence-electron chi connectivity index (χ0n) is 20.0. The number of halogens is 1. The molecule has 0 saturated carbocycles. The van der Waals surface area contributed by atoms with Gasteiger partial charge in [-0.05, 0) is 46.5 Å². The zero-order chi connectivity index (χ0) is 24.5. The molecule has 0 radical (unpaired) electrons. The van der Waals surface area contributed by atoms with Crippen molar-refractivity contribution in [1.29, 1.82) is 0 Å². The highest BCUT2D eigenvalue weighted by molar-refractivity contribution is 5.97. The summed E-state index contributed by atoms with van der Waals surface area (Å²) in [6.45, 7) is 1.46. The lowest BCUT2D eigenvalue weighted by Gasteiger charge is -2.36. The summed E-state index contributed by atoms with van der Waals surface area (Å²) >= 11 is 0. The molecule has 1 aliphatic rings. The van der Waals surface area contributed by atoms with E-state index in [4.69, 9.17) is 14.2 Å². The number of methoxy groups -OCH3 is 1. The monoisotopic (exact) mass is 483 g/mol. The Labute approximate surface area is 208 Å². The number of rotatable bonds is 6. The van der Waals surface area contributed by atoms with Crippen LogP contribution in [0.15, 0.2) is 79.1 Å². The molecule has 182 valence electrons. The van der Waals surface area contributed by atoms with E-state index in [1.807, 2.05) is 34.7 Å². The van der Waals surface area contributed by atoms with Gasteiger partial charge in [0.1, 0.15) is 24.5 Å². The predicted octanol–water partition coefficient (Wildman–Crippen LogP) is 5.92. The van der Waals surface area contributed by atoms with Gasteiger partial charge in [0.2, 0.25) is 0 Å². The van der Waals surface area contributed by atoms with Gasteiger partial charge in [0, 0.05) is 44.6 Å². The third-order valence-corrected chi connectivity index (χ3v) is 7.04. The molecule has 3 aromatic carbocycles. The second-order valence-electron chi connectivity index (χ2n) is 9.11. The average molecular weight is 484 g/mol. The minimum absolute atomic E-state index is 0.293. The highest BCUT2D eigenvalue weighted by Gasteiger charge is 2.35. The lowest BCUT2D eigenvalue weighted by atomic mass is 9.86. The third kappa shape index (κ3) is 4.10. The molecule has 36 heavy (non-hydrogen) atoms. The van der Waals surface area contributed by atoms with Crippen molar-refractivity contribution in [2.24, 2.45) is 0 Å². The van der Waals surface area contributed by atoms with E-state index in [2.05, 4.69) is 40.5 Å². The van der Waals surface area contributed by atoms with Crippen molar-refractivity contribution in [1.82, 2.24) is 14.6 Å². The van der Waals surface area contributed by atoms with E-state index in [9.17, 15) is 4.39 Å². The van der Waals surface area contributed by atoms with Gasteiger partial charge in [0.15, 0.2) is 5.65 Å². The van der Waals surface area contributed by atoms with E-state index in [1.54, 1.807) is 13.4 Å². The molecule has 0 N–H and O–H groups in total. The normalized spacial score (nSPS) is 15.4. The van der Waals surface area contributed by atoms with Gasteiger partial charge in [-0.1, -0.05) is 42.5 Å². The molecule has 0 spiro atoms. The van der Waals surface area contributed by atoms with E-state index in [0.717, 1.165) is 38.8 Å². The molecular formula is C29H26FN3O3. The number of aromatic nitrogens is 3. The first kappa shape index (κ1) is 22.6. The van der Waals surface area contributed by atoms with Crippen LogP contribution in [0.2, 0.25) is 0 Å². The first-order chi connectivity index (χ1) is 17.6. The number of hydrogen-bond donors (Lipinski definition) is 0. The Kier molecular flexibility index (Phi) is 5.87. The molecule has 7 heteroatoms. The number of hydrogen-bond acceptors (Lipinski definition) is 5. The highest BCUT2D eigenvalue weighted by atomic mass is 19.1. The number of nitrogens with zero attached hydrogens (tertiary/aromatic N) is 3. The molecule has 0 bridgehead atoms. The Balaban J connectivity index is 1.33. The van der Waals surface area contributed by atoms with Gasteiger partial charge in [0.25, 0.3) is 0 Å². The molecule has 6 nitrogen and oxygen atoms in total. The first-order valence-corrected chi connectivity index (χ1v) is 12.0. The van der Waals surface area contributed by atoms with Crippen molar-refractivity contribution >= 4 is 16.6 Å². The van der Waals surface area contributed by atoms with Crippen LogP contribution < -0.4 is 4.74 Å². The number of ether oxygens (including phenoxy) is 3. The summed E-state index contributed by atoms with van der Waals surface area (Å²) in [5, 5.41) is 9.47. The van der Waals surface area contributed by atoms with Crippen LogP contribution in [-0.4, -0.2) is 34.9 Å². The third-order valence-electron chi connectivity index (χ3n) is 7.04. The topological polar surface area (TPSA) is 57.9 Å². The maximum atomic E-state index is 14.6. The fourth-order valence-electron chi connectivity index (χ4n) is 5.07. The summed E-state index contributed by atoms with van der Waals surface area (Å²) in [6.07, 6.45) is 3.07. The number of fused-ring (bicyclic) bond motifs is 3. The standard InChI is InChI=1S/C29H26FN3O3/c1-34-29(9-11-35-12-10-29)22-14-23(30)16-24(15-22)36-18-20-7-8-25-26(21-5-3-2-4-6-21)17-28-32-31-19-33(28)27(25)13-20/h2-8,13-17,19H,9-12,18H2,1H3. The Morgan fingerprint density at radius 2 is 1.83 bits per heavy atom. The molecule has 0 aliphatic carbocycles. The van der Waals surface area contributed by atoms with Gasteiger partial charge < -0.3 is 14.2 Å². The van der Waals surface area contributed by atoms with Gasteiger partial charge in [-0.2, -0.15) is 0 Å². The molecule has 1 aliphatic heterocycles. The molecule has 0 amide bonds. The van der Waals surface area contributed by atoms with Crippen LogP contribution in [0, 0.1) is 5.82 Å². The lowest BCUT2D eigenvalue weighted by molar-refractivity contribution is -0.0950. The van der Waals surface area contributed by atoms with Gasteiger partial charge in [-0.25, -0.2) is 4.39 Å². The van der Waals surface area contributed by atoms with Crippen molar-refractivity contribution in [3.05, 3.63) is 96.1 Å². The molecular weight excluding hydrogens is 457 g/mol. The second kappa shape index (κ2) is 9.33. The summed E-state index contributed by atoms with van der Waals surface area (Å²) < 4.78 is 34.0. The van der Waals surface area contributed by atoms with Gasteiger partial charge in [-0.15, -0.1) is 10.2 Å². The highest BCUT2D eigenvalue weighted by Crippen LogP contribution is 2.38. The van der Waals surface area contributed by atoms with Crippen LogP contribution >= 0.6 is 0 Å². The summed E-state index contributed by atoms with van der Waals surface area (Å²) in [5.41, 5.74) is 5.14. The second-order valence-corrected chi connectivity index (χ2v) is 9.11. The van der Waals surface area contributed by atoms with Crippen molar-refractivity contribution in [2.45, 2.75) is 25.0 Å². The predicted molar refractivity (Wildman–Crippen MR) is 135 cm³/mol. The maximum absolute atomic E-state index is 14.6. The van der Waals surface area contributed by atoms with Crippen LogP contribution in [0.4, 0.5) is 4.39 Å². The van der Waals surface area contributed by atoms with Crippen LogP contribution in [0.1, 0.15) is 24.0 Å². The largest absolute Gasteiger partial charge is 0.489 e. The van der Waals surface area contributed by atoms with Crippen molar-refractivity contribution in [2.75, 3.05) is 20.3 Å². The molecule has 0 unspecified atom stereocenters. The summed E-state index contributed by atoms with van der Waals surface area (Å²) in [5.74, 6) is 0.128. The molecule has 1 saturated heterocycles. The van der Waals surface area contributed by atoms with E-state index in [-0.39, 0.29) is 5.82 Å². The molecule has 3 heterocycles. The smallest absolute Gasteiger partial charge is 0.161 e. The maximum Gasteiger partial charge on any atom is 0.161 e. The summed E-state index contributed by atoms with van der Waals surface area (Å²) in [6, 6.07) is 23.3. The average Bonchev–Trinajstić information content (AvgIpc) is 3.41. The fraction of sp³-hybridized carbons (Fsp3) is 0.241. The SMILES string of the molecule is COC1(c2cc(F)cc(OCc3ccc4c(-c5ccccc5)cc5nncn5c4c3)c2)CCOCC1. The number of benzene rings is 3. The molecule has 0 atom stereocenters. The van der Waals surface area contributed by atoms with Crippen LogP contribution in [0.5, 0.6) is 5.75 Å². The van der Waals surface area contributed by atoms with Crippen molar-refractivity contribution < 1.29 is 18.6 Å². The van der Waals surface area contributed by atoms with E-state index in [0.29, 0.717) is 38.4 Å². The van der Waals surface area contributed by atoms with Crippen LogP contribution in [0.3, 0.4) is 0 Å². The molecule has 2 aromatic heterocycles. The minimum Gasteiger partial charge on any atom is -0.489 e. The Bertz CT molecular complexity index is 1530. The van der Waals surface area contributed by atoms with E-state index < -0.39 is 5.60 Å². The first-order valence-electron chi connectivity index (χ1n) is 12.0. The Morgan fingerprint density at radius 3 is 2.64 bits per heavy atom. The number of pyridine rings is 1. The van der Waals surface area contributed by atoms with E-state index >= 15 is 0 Å². The van der Waals surface area contributed by atoms with Gasteiger partial charge >= 0.3 is 0 Å². The molecule has 1 fully saturated rings. The van der Waals surface area contributed by atoms with Crippen molar-refractivity contribution in [3.63, 3.8) is 0 Å². The van der Waals surface area contributed by atoms with Crippen molar-refractivity contribution in [3.8, 4) is 16.9 Å². The van der Waals surface area contributed by atoms with Gasteiger partial charge in [0.05, 0.1) is 11.1 Å². The quantitative estimate of drug-likeness (QED) is 0.300. The summed E-state index contributed by atoms with van der Waals surface area (Å²) in [4.78, 5) is 0. The summed E-state index contributed by atoms with van der Waals surface area (Å²) in [7, 11) is 1.67. The lowest BCUT2D eigenvalue weighted by Crippen LogP contribution is -2.35. The Hall–Kier alpha value is -3.81. The van der Waals surface area contributed by atoms with Gasteiger partial charge in [-0.3, -0.25) is 4.40 Å². The Morgan fingerprint density at radius 1 is 1.00 bits per heavy atom. The molecule has 6 rings (SSSR count). The van der Waals surface area contributed by atoms with Crippen LogP contribution in [-0.2, 0) is 21.7 Å². The van der Waals surface area contributed by atoms with E-state index in [1.165, 1.54) is 12.1 Å². The fourth-order valence-corrected chi connectivity index (χ4v) is 5.07. The molecule has 5 aromatic rings. The van der Waals surface area contributed by atoms with Crippen LogP contribution in [0.25, 0.3) is 27.7 Å². The minimum atomic E-state index is -0.560. The zero-order valence-corrected chi connectivity index (χ0v) is 20.0.